The number of nitrogens with two attached hydrogens (primary N) is 1. The highest BCUT2D eigenvalue weighted by Gasteiger charge is 2.48. The third kappa shape index (κ3) is 1.61. The molecule has 74 valence electrons. The molecular formula is C10H13N3O. The van der Waals surface area contributed by atoms with Gasteiger partial charge in [-0.3, -0.25) is 9.78 Å². The molecular weight excluding hydrogens is 178 g/mol. The highest BCUT2D eigenvalue weighted by atomic mass is 16.2. The lowest BCUT2D eigenvalue weighted by Crippen LogP contribution is -2.30. The van der Waals surface area contributed by atoms with Gasteiger partial charge in [-0.05, 0) is 25.0 Å². The summed E-state index contributed by atoms with van der Waals surface area (Å²) in [6.45, 7) is 0.430. The summed E-state index contributed by atoms with van der Waals surface area (Å²) < 4.78 is 0. The Bertz CT molecular complexity index is 332. The van der Waals surface area contributed by atoms with Crippen LogP contribution in [0.4, 0.5) is 5.69 Å². The average Bonchev–Trinajstić information content (AvgIpc) is 3.00. The van der Waals surface area contributed by atoms with E-state index in [2.05, 4.69) is 10.3 Å². The Hall–Kier alpha value is -1.42. The van der Waals surface area contributed by atoms with Crippen LogP contribution in [0.25, 0.3) is 0 Å². The fourth-order valence-corrected chi connectivity index (χ4v) is 1.38. The van der Waals surface area contributed by atoms with Crippen molar-refractivity contribution in [1.29, 1.82) is 0 Å². The number of carbonyl (C=O) groups is 1. The van der Waals surface area contributed by atoms with Crippen LogP contribution in [0.1, 0.15) is 12.8 Å². The molecule has 1 aliphatic rings. The Labute approximate surface area is 82.5 Å². The molecule has 1 aromatic rings. The molecule has 3 N–H and O–H groups in total. The van der Waals surface area contributed by atoms with Crippen LogP contribution in [0.15, 0.2) is 24.5 Å². The molecule has 0 spiro atoms. The molecule has 0 saturated heterocycles. The second-order valence-corrected chi connectivity index (χ2v) is 3.68. The van der Waals surface area contributed by atoms with Gasteiger partial charge in [-0.25, -0.2) is 0 Å². The lowest BCUT2D eigenvalue weighted by Gasteiger charge is -2.11. The third-order valence-corrected chi connectivity index (χ3v) is 2.65. The van der Waals surface area contributed by atoms with Gasteiger partial charge in [-0.1, -0.05) is 0 Å². The van der Waals surface area contributed by atoms with E-state index < -0.39 is 0 Å². The number of anilines is 1. The van der Waals surface area contributed by atoms with Crippen molar-refractivity contribution in [2.24, 2.45) is 11.1 Å². The molecule has 0 radical (unpaired) electrons. The Morgan fingerprint density at radius 2 is 2.43 bits per heavy atom. The van der Waals surface area contributed by atoms with Crippen molar-refractivity contribution in [2.45, 2.75) is 12.8 Å². The summed E-state index contributed by atoms with van der Waals surface area (Å²) in [5, 5.41) is 2.81. The first kappa shape index (κ1) is 9.15. The maximum absolute atomic E-state index is 11.7. The van der Waals surface area contributed by atoms with E-state index in [1.165, 1.54) is 0 Å². The summed E-state index contributed by atoms with van der Waals surface area (Å²) in [5.74, 6) is 0.0213. The van der Waals surface area contributed by atoms with Crippen LogP contribution >= 0.6 is 0 Å². The van der Waals surface area contributed by atoms with Crippen molar-refractivity contribution in [3.05, 3.63) is 24.5 Å². The molecule has 4 heteroatoms. The molecule has 0 aliphatic heterocycles. The van der Waals surface area contributed by atoms with E-state index >= 15 is 0 Å². The van der Waals surface area contributed by atoms with Gasteiger partial charge in [-0.2, -0.15) is 0 Å². The number of nitrogens with one attached hydrogen (secondary N) is 1. The van der Waals surface area contributed by atoms with Gasteiger partial charge < -0.3 is 11.1 Å². The van der Waals surface area contributed by atoms with Crippen molar-refractivity contribution >= 4 is 11.6 Å². The predicted molar refractivity (Wildman–Crippen MR) is 53.6 cm³/mol. The third-order valence-electron chi connectivity index (χ3n) is 2.65. The molecule has 4 nitrogen and oxygen atoms in total. The van der Waals surface area contributed by atoms with Crippen molar-refractivity contribution in [3.8, 4) is 0 Å². The largest absolute Gasteiger partial charge is 0.329 e. The number of hydrogen-bond acceptors (Lipinski definition) is 3. The average molecular weight is 191 g/mol. The van der Waals surface area contributed by atoms with E-state index in [-0.39, 0.29) is 11.3 Å². The highest BCUT2D eigenvalue weighted by molar-refractivity contribution is 5.97. The van der Waals surface area contributed by atoms with Gasteiger partial charge in [0.25, 0.3) is 0 Å². The van der Waals surface area contributed by atoms with Crippen LogP contribution in [0.5, 0.6) is 0 Å². The summed E-state index contributed by atoms with van der Waals surface area (Å²) in [4.78, 5) is 15.6. The Kier molecular flexibility index (Phi) is 2.21. The molecule has 0 unspecified atom stereocenters. The minimum atomic E-state index is -0.296. The zero-order valence-electron chi connectivity index (χ0n) is 7.86. The smallest absolute Gasteiger partial charge is 0.231 e. The highest BCUT2D eigenvalue weighted by Crippen LogP contribution is 2.45. The summed E-state index contributed by atoms with van der Waals surface area (Å²) >= 11 is 0. The number of aromatic nitrogens is 1. The van der Waals surface area contributed by atoms with Gasteiger partial charge in [-0.15, -0.1) is 0 Å². The minimum absolute atomic E-state index is 0.0213. The quantitative estimate of drug-likeness (QED) is 0.741. The minimum Gasteiger partial charge on any atom is -0.329 e. The van der Waals surface area contributed by atoms with Crippen LogP contribution in [0, 0.1) is 5.41 Å². The van der Waals surface area contributed by atoms with E-state index in [4.69, 9.17) is 5.73 Å². The topological polar surface area (TPSA) is 68.0 Å². The second-order valence-electron chi connectivity index (χ2n) is 3.68. The van der Waals surface area contributed by atoms with E-state index in [0.717, 1.165) is 18.5 Å². The fraction of sp³-hybridized carbons (Fsp3) is 0.400. The molecule has 1 aromatic heterocycles. The van der Waals surface area contributed by atoms with Crippen molar-refractivity contribution in [2.75, 3.05) is 11.9 Å². The number of hydrogen-bond donors (Lipinski definition) is 2. The number of pyridine rings is 1. The van der Waals surface area contributed by atoms with Crippen LogP contribution in [-0.4, -0.2) is 17.4 Å². The van der Waals surface area contributed by atoms with Crippen LogP contribution in [0.2, 0.25) is 0 Å². The lowest BCUT2D eigenvalue weighted by atomic mass is 10.1. The first-order chi connectivity index (χ1) is 6.77. The summed E-state index contributed by atoms with van der Waals surface area (Å²) in [6.07, 6.45) is 5.10. The SMILES string of the molecule is NCC1(C(=O)Nc2cccnc2)CC1. The summed E-state index contributed by atoms with van der Waals surface area (Å²) in [6, 6.07) is 3.61. The molecule has 2 rings (SSSR count). The van der Waals surface area contributed by atoms with Crippen molar-refractivity contribution in [3.63, 3.8) is 0 Å². The molecule has 1 fully saturated rings. The molecule has 0 bridgehead atoms. The van der Waals surface area contributed by atoms with Crippen LogP contribution < -0.4 is 11.1 Å². The van der Waals surface area contributed by atoms with Gasteiger partial charge in [0.15, 0.2) is 0 Å². The van der Waals surface area contributed by atoms with Gasteiger partial charge in [0.2, 0.25) is 5.91 Å². The van der Waals surface area contributed by atoms with Gasteiger partial charge in [0, 0.05) is 12.7 Å². The molecule has 1 heterocycles. The Morgan fingerprint density at radius 1 is 1.64 bits per heavy atom. The van der Waals surface area contributed by atoms with Crippen molar-refractivity contribution in [1.82, 2.24) is 4.98 Å². The Morgan fingerprint density at radius 3 is 2.93 bits per heavy atom. The fourth-order valence-electron chi connectivity index (χ4n) is 1.38. The molecule has 1 amide bonds. The Balaban J connectivity index is 2.02. The molecule has 0 aromatic carbocycles. The standard InChI is InChI=1S/C10H13N3O/c11-7-10(3-4-10)9(14)13-8-2-1-5-12-6-8/h1-2,5-6H,3-4,7,11H2,(H,13,14). The zero-order valence-corrected chi connectivity index (χ0v) is 7.86. The van der Waals surface area contributed by atoms with Gasteiger partial charge >= 0.3 is 0 Å². The van der Waals surface area contributed by atoms with Gasteiger partial charge in [0.1, 0.15) is 0 Å². The normalized spacial score (nSPS) is 17.5. The number of amides is 1. The summed E-state index contributed by atoms with van der Waals surface area (Å²) in [5.41, 5.74) is 5.98. The summed E-state index contributed by atoms with van der Waals surface area (Å²) in [7, 11) is 0. The number of carbonyl (C=O) groups excluding carboxylic acids is 1. The number of rotatable bonds is 3. The van der Waals surface area contributed by atoms with E-state index in [1.54, 1.807) is 18.5 Å². The number of nitrogens with zero attached hydrogens (tertiary/aromatic N) is 1. The molecule has 1 aliphatic carbocycles. The zero-order chi connectivity index (χ0) is 10.0. The molecule has 0 atom stereocenters. The van der Waals surface area contributed by atoms with Crippen LogP contribution in [0.3, 0.4) is 0 Å². The van der Waals surface area contributed by atoms with Gasteiger partial charge in [0.05, 0.1) is 17.3 Å². The van der Waals surface area contributed by atoms with E-state index in [9.17, 15) is 4.79 Å². The maximum atomic E-state index is 11.7. The predicted octanol–water partition coefficient (Wildman–Crippen LogP) is 0.759. The first-order valence-corrected chi connectivity index (χ1v) is 4.68. The molecule has 1 saturated carbocycles. The van der Waals surface area contributed by atoms with E-state index in [1.807, 2.05) is 6.07 Å². The van der Waals surface area contributed by atoms with Crippen molar-refractivity contribution < 1.29 is 4.79 Å². The van der Waals surface area contributed by atoms with Crippen LogP contribution in [-0.2, 0) is 4.79 Å². The maximum Gasteiger partial charge on any atom is 0.231 e. The first-order valence-electron chi connectivity index (χ1n) is 4.68. The lowest BCUT2D eigenvalue weighted by molar-refractivity contribution is -0.120. The van der Waals surface area contributed by atoms with E-state index in [0.29, 0.717) is 6.54 Å². The monoisotopic (exact) mass is 191 g/mol. The molecule has 14 heavy (non-hydrogen) atoms. The second kappa shape index (κ2) is 3.38.